The lowest BCUT2D eigenvalue weighted by Gasteiger charge is -2.01. The van der Waals surface area contributed by atoms with E-state index in [0.29, 0.717) is 5.75 Å². The van der Waals surface area contributed by atoms with Crippen LogP contribution >= 0.6 is 7.80 Å². The zero-order valence-corrected chi connectivity index (χ0v) is 12.5. The van der Waals surface area contributed by atoms with Crippen LogP contribution in [-0.4, -0.2) is 5.11 Å². The first-order chi connectivity index (χ1) is 10.3. The molecule has 3 heteroatoms. The van der Waals surface area contributed by atoms with Gasteiger partial charge in [0.25, 0.3) is 0 Å². The minimum atomic E-state index is -1.79. The molecule has 3 aromatic carbocycles. The van der Waals surface area contributed by atoms with E-state index in [1.807, 2.05) is 66.7 Å². The summed E-state index contributed by atoms with van der Waals surface area (Å²) in [5, 5.41) is 10.5. The van der Waals surface area contributed by atoms with Gasteiger partial charge in [-0.05, 0) is 12.1 Å². The van der Waals surface area contributed by atoms with Gasteiger partial charge in [-0.3, -0.25) is 0 Å². The minimum Gasteiger partial charge on any atom is -0.508 e. The van der Waals surface area contributed by atoms with Gasteiger partial charge in [0.2, 0.25) is 0 Å². The van der Waals surface area contributed by atoms with E-state index in [0.717, 1.165) is 10.6 Å². The first kappa shape index (κ1) is 15.1. The third-order valence-corrected chi connectivity index (χ3v) is 4.54. The molecule has 1 N–H and O–H groups in total. The van der Waals surface area contributed by atoms with Gasteiger partial charge in [0.15, 0.2) is 0 Å². The second kappa shape index (κ2) is 8.08. The van der Waals surface area contributed by atoms with Crippen molar-refractivity contribution >= 4 is 18.4 Å². The Bertz CT molecular complexity index is 626. The van der Waals surface area contributed by atoms with Crippen molar-refractivity contribution < 1.29 is 9.67 Å². The van der Waals surface area contributed by atoms with Crippen molar-refractivity contribution in [1.82, 2.24) is 0 Å². The van der Waals surface area contributed by atoms with Crippen molar-refractivity contribution in [2.24, 2.45) is 0 Å². The van der Waals surface area contributed by atoms with Crippen molar-refractivity contribution in [2.75, 3.05) is 0 Å². The fourth-order valence-corrected chi connectivity index (χ4v) is 3.10. The highest BCUT2D eigenvalue weighted by Crippen LogP contribution is 2.18. The third-order valence-electron chi connectivity index (χ3n) is 2.83. The number of hydrogen-bond acceptors (Lipinski definition) is 2. The molecule has 21 heavy (non-hydrogen) atoms. The number of benzene rings is 3. The third kappa shape index (κ3) is 4.94. The maximum Gasteiger partial charge on any atom is 0.131 e. The van der Waals surface area contributed by atoms with Crippen LogP contribution in [0.2, 0.25) is 0 Å². The summed E-state index contributed by atoms with van der Waals surface area (Å²) < 4.78 is 12.0. The minimum absolute atomic E-state index is 0.322. The van der Waals surface area contributed by atoms with Crippen molar-refractivity contribution in [3.05, 3.63) is 91.0 Å². The molecule has 0 saturated carbocycles. The molecule has 0 aliphatic rings. The largest absolute Gasteiger partial charge is 0.508 e. The van der Waals surface area contributed by atoms with Crippen LogP contribution in [0.15, 0.2) is 91.0 Å². The Morgan fingerprint density at radius 1 is 0.571 bits per heavy atom. The summed E-state index contributed by atoms with van der Waals surface area (Å²) in [7, 11) is -1.79. The van der Waals surface area contributed by atoms with Gasteiger partial charge in [-0.25, -0.2) is 0 Å². The summed E-state index contributed by atoms with van der Waals surface area (Å²) in [5.41, 5.74) is 0. The molecular weight excluding hydrogens is 279 g/mol. The molecular formula is C18H17O2P. The van der Waals surface area contributed by atoms with Crippen LogP contribution in [0.1, 0.15) is 0 Å². The highest BCUT2D eigenvalue weighted by atomic mass is 31.1. The lowest BCUT2D eigenvalue weighted by atomic mass is 10.3. The van der Waals surface area contributed by atoms with E-state index in [1.54, 1.807) is 24.3 Å². The second-order valence-corrected chi connectivity index (χ2v) is 6.21. The maximum atomic E-state index is 12.0. The number of aromatic hydroxyl groups is 1. The number of para-hydroxylation sites is 1. The van der Waals surface area contributed by atoms with Crippen molar-refractivity contribution in [2.45, 2.75) is 0 Å². The van der Waals surface area contributed by atoms with E-state index < -0.39 is 7.80 Å². The van der Waals surface area contributed by atoms with E-state index in [9.17, 15) is 4.57 Å². The smallest absolute Gasteiger partial charge is 0.131 e. The molecule has 0 aromatic heterocycles. The zero-order valence-electron chi connectivity index (χ0n) is 11.5. The van der Waals surface area contributed by atoms with Crippen LogP contribution in [0.5, 0.6) is 5.75 Å². The molecule has 0 amide bonds. The predicted octanol–water partition coefficient (Wildman–Crippen LogP) is 3.59. The maximum absolute atomic E-state index is 12.0. The van der Waals surface area contributed by atoms with Gasteiger partial charge in [0.05, 0.1) is 0 Å². The highest BCUT2D eigenvalue weighted by molar-refractivity contribution is 7.61. The molecule has 0 aliphatic carbocycles. The zero-order chi connectivity index (χ0) is 14.9. The Labute approximate surface area is 125 Å². The predicted molar refractivity (Wildman–Crippen MR) is 89.3 cm³/mol. The van der Waals surface area contributed by atoms with Gasteiger partial charge >= 0.3 is 0 Å². The molecule has 0 fully saturated rings. The number of phenolic OH excluding ortho intramolecular Hbond substituents is 1. The summed E-state index contributed by atoms with van der Waals surface area (Å²) in [4.78, 5) is 0. The highest BCUT2D eigenvalue weighted by Gasteiger charge is 2.03. The fraction of sp³-hybridized carbons (Fsp3) is 0. The molecule has 0 heterocycles. The van der Waals surface area contributed by atoms with Crippen LogP contribution < -0.4 is 10.6 Å². The van der Waals surface area contributed by atoms with Gasteiger partial charge < -0.3 is 9.67 Å². The Morgan fingerprint density at radius 2 is 0.905 bits per heavy atom. The van der Waals surface area contributed by atoms with Gasteiger partial charge in [0, 0.05) is 10.6 Å². The van der Waals surface area contributed by atoms with Crippen LogP contribution in [0.25, 0.3) is 0 Å². The van der Waals surface area contributed by atoms with Gasteiger partial charge in [0.1, 0.15) is 13.6 Å². The second-order valence-electron chi connectivity index (χ2n) is 4.40. The van der Waals surface area contributed by atoms with Gasteiger partial charge in [-0.1, -0.05) is 78.9 Å². The molecule has 0 radical (unpaired) electrons. The Morgan fingerprint density at radius 3 is 1.19 bits per heavy atom. The number of hydrogen-bond donors (Lipinski definition) is 1. The van der Waals surface area contributed by atoms with E-state index in [1.165, 1.54) is 0 Å². The van der Waals surface area contributed by atoms with Crippen LogP contribution in [0, 0.1) is 0 Å². The van der Waals surface area contributed by atoms with Crippen molar-refractivity contribution in [3.8, 4) is 5.75 Å². The monoisotopic (exact) mass is 296 g/mol. The lowest BCUT2D eigenvalue weighted by molar-refractivity contribution is 0.475. The summed E-state index contributed by atoms with van der Waals surface area (Å²) >= 11 is 0. The van der Waals surface area contributed by atoms with Crippen molar-refractivity contribution in [1.29, 1.82) is 0 Å². The summed E-state index contributed by atoms with van der Waals surface area (Å²) in [6.45, 7) is 0. The molecule has 0 atom stereocenters. The Hall–Kier alpha value is -2.31. The van der Waals surface area contributed by atoms with Gasteiger partial charge in [-0.2, -0.15) is 0 Å². The van der Waals surface area contributed by atoms with Crippen LogP contribution in [-0.2, 0) is 4.57 Å². The molecule has 0 spiro atoms. The normalized spacial score (nSPS) is 9.76. The number of rotatable bonds is 2. The number of phenols is 1. The van der Waals surface area contributed by atoms with E-state index in [2.05, 4.69) is 0 Å². The van der Waals surface area contributed by atoms with Gasteiger partial charge in [-0.15, -0.1) is 0 Å². The quantitative estimate of drug-likeness (QED) is 0.734. The van der Waals surface area contributed by atoms with Crippen LogP contribution in [0.3, 0.4) is 0 Å². The molecule has 0 bridgehead atoms. The fourth-order valence-electron chi connectivity index (χ4n) is 1.77. The topological polar surface area (TPSA) is 37.3 Å². The van der Waals surface area contributed by atoms with E-state index >= 15 is 0 Å². The first-order valence-electron chi connectivity index (χ1n) is 6.66. The molecule has 3 aromatic rings. The average molecular weight is 296 g/mol. The molecule has 106 valence electrons. The molecule has 0 aliphatic heterocycles. The van der Waals surface area contributed by atoms with Crippen LogP contribution in [0.4, 0.5) is 0 Å². The average Bonchev–Trinajstić information content (AvgIpc) is 2.57. The SMILES string of the molecule is O=[PH](c1ccccc1)c1ccccc1.Oc1ccccc1. The Kier molecular flexibility index (Phi) is 5.81. The lowest BCUT2D eigenvalue weighted by Crippen LogP contribution is -2.04. The molecule has 0 unspecified atom stereocenters. The first-order valence-corrected chi connectivity index (χ1v) is 8.07. The standard InChI is InChI=1S/C12H11OP.C6H6O/c13-14(11-7-3-1-4-8-11)12-9-5-2-6-10-12;7-6-4-2-1-3-5-6/h1-10,14H;1-5,7H. The van der Waals surface area contributed by atoms with E-state index in [-0.39, 0.29) is 0 Å². The molecule has 2 nitrogen and oxygen atoms in total. The summed E-state index contributed by atoms with van der Waals surface area (Å²) in [6.07, 6.45) is 0. The summed E-state index contributed by atoms with van der Waals surface area (Å²) in [6, 6.07) is 27.9. The van der Waals surface area contributed by atoms with Crippen molar-refractivity contribution in [3.63, 3.8) is 0 Å². The van der Waals surface area contributed by atoms with E-state index in [4.69, 9.17) is 5.11 Å². The Balaban J connectivity index is 0.000000194. The molecule has 0 saturated heterocycles. The molecule has 3 rings (SSSR count). The summed E-state index contributed by atoms with van der Waals surface area (Å²) in [5.74, 6) is 0.322.